The molecule has 0 aromatic heterocycles. The minimum atomic E-state index is -0.317. The average Bonchev–Trinajstić information content (AvgIpc) is 3.08. The zero-order chi connectivity index (χ0) is 34.6. The van der Waals surface area contributed by atoms with Crippen molar-refractivity contribution in [2.75, 3.05) is 27.2 Å². The molecule has 1 fully saturated rings. The number of allylic oxidation sites excluding steroid dienone is 4. The van der Waals surface area contributed by atoms with Gasteiger partial charge < -0.3 is 14.4 Å². The number of nitrogens with zero attached hydrogens (tertiary/aromatic N) is 1. The Balaban J connectivity index is 2.21. The molecule has 1 heterocycles. The molecule has 3 heteroatoms. The first-order chi connectivity index (χ1) is 23.6. The van der Waals surface area contributed by atoms with E-state index in [1.54, 1.807) is 0 Å². The Morgan fingerprint density at radius 2 is 0.875 bits per heavy atom. The maximum absolute atomic E-state index is 6.85. The molecule has 0 N–H and O–H groups in total. The first-order valence-corrected chi connectivity index (χ1v) is 21.9. The second kappa shape index (κ2) is 34.8. The van der Waals surface area contributed by atoms with Crippen LogP contribution in [-0.4, -0.2) is 44.0 Å². The van der Waals surface area contributed by atoms with Crippen molar-refractivity contribution in [1.29, 1.82) is 0 Å². The summed E-state index contributed by atoms with van der Waals surface area (Å²) in [5, 5.41) is 0. The van der Waals surface area contributed by atoms with Gasteiger partial charge in [-0.3, -0.25) is 0 Å². The highest BCUT2D eigenvalue weighted by molar-refractivity contribution is 4.82. The molecule has 0 saturated carbocycles. The van der Waals surface area contributed by atoms with Crippen molar-refractivity contribution in [2.24, 2.45) is 0 Å². The van der Waals surface area contributed by atoms with Gasteiger partial charge in [0.05, 0.1) is 12.7 Å². The van der Waals surface area contributed by atoms with Crippen LogP contribution in [0.5, 0.6) is 0 Å². The van der Waals surface area contributed by atoms with Crippen molar-refractivity contribution in [3.05, 3.63) is 24.3 Å². The fourth-order valence-electron chi connectivity index (χ4n) is 7.28. The van der Waals surface area contributed by atoms with E-state index in [1.807, 2.05) is 0 Å². The van der Waals surface area contributed by atoms with Crippen LogP contribution in [0.2, 0.25) is 0 Å². The molecule has 3 nitrogen and oxygen atoms in total. The summed E-state index contributed by atoms with van der Waals surface area (Å²) in [7, 11) is 4.36. The molecule has 48 heavy (non-hydrogen) atoms. The molecule has 1 unspecified atom stereocenters. The third-order valence-electron chi connectivity index (χ3n) is 10.5. The van der Waals surface area contributed by atoms with Crippen LogP contribution in [0.15, 0.2) is 24.3 Å². The van der Waals surface area contributed by atoms with Gasteiger partial charge in [-0.05, 0) is 104 Å². The van der Waals surface area contributed by atoms with Crippen LogP contribution in [0.1, 0.15) is 226 Å². The summed E-state index contributed by atoms with van der Waals surface area (Å²) in [5.41, 5.74) is 0. The minimum absolute atomic E-state index is 0.317. The molecule has 1 atom stereocenters. The van der Waals surface area contributed by atoms with E-state index in [2.05, 4.69) is 57.1 Å². The van der Waals surface area contributed by atoms with E-state index in [0.717, 1.165) is 32.4 Å². The van der Waals surface area contributed by atoms with Crippen molar-refractivity contribution in [3.8, 4) is 0 Å². The number of ether oxygens (including phenoxy) is 2. The van der Waals surface area contributed by atoms with Crippen molar-refractivity contribution < 1.29 is 9.47 Å². The Labute approximate surface area is 302 Å². The van der Waals surface area contributed by atoms with Crippen LogP contribution in [-0.2, 0) is 9.47 Å². The van der Waals surface area contributed by atoms with Crippen LogP contribution in [0.25, 0.3) is 0 Å². The van der Waals surface area contributed by atoms with E-state index in [-0.39, 0.29) is 5.79 Å². The van der Waals surface area contributed by atoms with Gasteiger partial charge in [0, 0.05) is 12.8 Å². The van der Waals surface area contributed by atoms with Crippen molar-refractivity contribution >= 4 is 0 Å². The van der Waals surface area contributed by atoms with E-state index in [4.69, 9.17) is 9.47 Å². The summed E-state index contributed by atoms with van der Waals surface area (Å²) in [6, 6.07) is 0. The van der Waals surface area contributed by atoms with Gasteiger partial charge in [0.15, 0.2) is 5.79 Å². The molecule has 1 rings (SSSR count). The van der Waals surface area contributed by atoms with Gasteiger partial charge >= 0.3 is 0 Å². The van der Waals surface area contributed by atoms with E-state index in [9.17, 15) is 0 Å². The van der Waals surface area contributed by atoms with Gasteiger partial charge in [0.25, 0.3) is 0 Å². The molecule has 0 aromatic carbocycles. The first-order valence-electron chi connectivity index (χ1n) is 21.9. The van der Waals surface area contributed by atoms with Gasteiger partial charge in [0.1, 0.15) is 0 Å². The molecule has 1 aliphatic heterocycles. The summed E-state index contributed by atoms with van der Waals surface area (Å²) in [6.45, 7) is 6.62. The summed E-state index contributed by atoms with van der Waals surface area (Å²) in [6.07, 6.45) is 53.8. The highest BCUT2D eigenvalue weighted by Crippen LogP contribution is 2.35. The molecule has 1 saturated heterocycles. The zero-order valence-electron chi connectivity index (χ0n) is 33.4. The lowest BCUT2D eigenvalue weighted by Gasteiger charge is -2.42. The lowest BCUT2D eigenvalue weighted by Crippen LogP contribution is -2.45. The fraction of sp³-hybridized carbons (Fsp3) is 0.911. The van der Waals surface area contributed by atoms with Gasteiger partial charge in [-0.15, -0.1) is 0 Å². The number of hydrogen-bond acceptors (Lipinski definition) is 3. The van der Waals surface area contributed by atoms with Crippen molar-refractivity contribution in [1.82, 2.24) is 4.90 Å². The van der Waals surface area contributed by atoms with Crippen molar-refractivity contribution in [2.45, 2.75) is 238 Å². The number of hydrogen-bond donors (Lipinski definition) is 0. The van der Waals surface area contributed by atoms with Gasteiger partial charge in [0.2, 0.25) is 0 Å². The van der Waals surface area contributed by atoms with Gasteiger partial charge in [-0.25, -0.2) is 0 Å². The largest absolute Gasteiger partial charge is 0.350 e. The van der Waals surface area contributed by atoms with Crippen LogP contribution in [0.4, 0.5) is 0 Å². The second-order valence-corrected chi connectivity index (χ2v) is 15.6. The zero-order valence-corrected chi connectivity index (χ0v) is 33.4. The maximum atomic E-state index is 6.85. The van der Waals surface area contributed by atoms with Crippen LogP contribution < -0.4 is 0 Å². The maximum Gasteiger partial charge on any atom is 0.168 e. The topological polar surface area (TPSA) is 21.7 Å². The Bertz CT molecular complexity index is 659. The van der Waals surface area contributed by atoms with Gasteiger partial charge in [-0.1, -0.05) is 154 Å². The molecular formula is C45H87NO2. The predicted octanol–water partition coefficient (Wildman–Crippen LogP) is 14.7. The minimum Gasteiger partial charge on any atom is -0.350 e. The summed E-state index contributed by atoms with van der Waals surface area (Å²) in [4.78, 5) is 2.30. The molecule has 0 bridgehead atoms. The van der Waals surface area contributed by atoms with Crippen molar-refractivity contribution in [3.63, 3.8) is 0 Å². The Hall–Kier alpha value is -0.640. The average molecular weight is 674 g/mol. The monoisotopic (exact) mass is 674 g/mol. The summed E-state index contributed by atoms with van der Waals surface area (Å²) < 4.78 is 13.4. The SMILES string of the molecule is CCCCCCCC/C=C\CCCCCCCCC1(CCCCCCCC/C=C\CCCCCCCC)OCCC(CCCN(C)C)O1. The van der Waals surface area contributed by atoms with E-state index in [0.29, 0.717) is 6.10 Å². The van der Waals surface area contributed by atoms with Crippen LogP contribution in [0, 0.1) is 0 Å². The molecule has 0 aromatic rings. The summed E-state index contributed by atoms with van der Waals surface area (Å²) in [5.74, 6) is -0.317. The van der Waals surface area contributed by atoms with E-state index in [1.165, 1.54) is 193 Å². The molecule has 1 aliphatic rings. The molecule has 0 spiro atoms. The molecule has 0 amide bonds. The third-order valence-corrected chi connectivity index (χ3v) is 10.5. The van der Waals surface area contributed by atoms with Gasteiger partial charge in [-0.2, -0.15) is 0 Å². The smallest absolute Gasteiger partial charge is 0.168 e. The number of rotatable bonds is 36. The Kier molecular flexibility index (Phi) is 32.9. The molecule has 0 radical (unpaired) electrons. The van der Waals surface area contributed by atoms with E-state index >= 15 is 0 Å². The quantitative estimate of drug-likeness (QED) is 0.0488. The van der Waals surface area contributed by atoms with Crippen LogP contribution in [0.3, 0.4) is 0 Å². The molecular weight excluding hydrogens is 587 g/mol. The first kappa shape index (κ1) is 45.4. The van der Waals surface area contributed by atoms with E-state index < -0.39 is 0 Å². The second-order valence-electron chi connectivity index (χ2n) is 15.6. The third kappa shape index (κ3) is 29.1. The lowest BCUT2D eigenvalue weighted by molar-refractivity contribution is -0.301. The standard InChI is InChI=1S/C45H87NO2/c1-5-7-9-11-13-15-17-19-21-23-25-27-29-31-33-35-40-45(47-43-39-44(48-45)38-37-42-46(3)4)41-36-34-32-30-28-26-24-22-20-18-16-14-12-10-8-6-2/h19-22,44H,5-18,23-43H2,1-4H3/b21-19-,22-20-. The highest BCUT2D eigenvalue weighted by atomic mass is 16.7. The Morgan fingerprint density at radius 3 is 1.27 bits per heavy atom. The lowest BCUT2D eigenvalue weighted by atomic mass is 9.96. The predicted molar refractivity (Wildman–Crippen MR) is 214 cm³/mol. The van der Waals surface area contributed by atoms with Crippen LogP contribution >= 0.6 is 0 Å². The highest BCUT2D eigenvalue weighted by Gasteiger charge is 2.37. The summed E-state index contributed by atoms with van der Waals surface area (Å²) >= 11 is 0. The number of unbranched alkanes of at least 4 members (excludes halogenated alkanes) is 24. The normalized spacial score (nSPS) is 16.6. The molecule has 0 aliphatic carbocycles. The fourth-order valence-corrected chi connectivity index (χ4v) is 7.28. The molecule has 284 valence electrons. The Morgan fingerprint density at radius 1 is 0.500 bits per heavy atom.